The van der Waals surface area contributed by atoms with Crippen molar-refractivity contribution in [3.63, 3.8) is 0 Å². The fourth-order valence-corrected chi connectivity index (χ4v) is 3.81. The lowest BCUT2D eigenvalue weighted by Gasteiger charge is -2.23. The molecule has 0 aliphatic carbocycles. The van der Waals surface area contributed by atoms with Crippen LogP contribution >= 0.6 is 0 Å². The van der Waals surface area contributed by atoms with Crippen molar-refractivity contribution in [2.75, 3.05) is 18.6 Å². The number of rotatable bonds is 3. The molecule has 0 unspecified atom stereocenters. The van der Waals surface area contributed by atoms with Crippen molar-refractivity contribution < 1.29 is 19.1 Å². The van der Waals surface area contributed by atoms with Gasteiger partial charge >= 0.3 is 0 Å². The van der Waals surface area contributed by atoms with Crippen LogP contribution in [0.15, 0.2) is 54.6 Å². The minimum Gasteiger partial charge on any atom is -0.496 e. The molecule has 1 fully saturated rings. The van der Waals surface area contributed by atoms with E-state index in [1.807, 2.05) is 18.2 Å². The van der Waals surface area contributed by atoms with Crippen LogP contribution in [-0.4, -0.2) is 42.3 Å². The number of anilines is 1. The van der Waals surface area contributed by atoms with Crippen LogP contribution in [-0.2, 0) is 9.59 Å². The number of nitrogens with zero attached hydrogens (tertiary/aromatic N) is 2. The molecule has 3 amide bonds. The standard InChI is InChI=1S/C22H20N2O4/c1-28-19-11-5-2-7-15(19)12-13-20(25)24-17-9-4-3-8-16(17)21(26)23-14-6-10-18(23)22(24)27/h2-5,7-9,11-13,18H,6,10,14H2,1H3/b13-12+/t18-/m0/s1. The first-order valence-corrected chi connectivity index (χ1v) is 9.21. The van der Waals surface area contributed by atoms with E-state index in [0.717, 1.165) is 16.9 Å². The lowest BCUT2D eigenvalue weighted by Crippen LogP contribution is -2.46. The number of hydrogen-bond acceptors (Lipinski definition) is 4. The molecule has 0 aromatic heterocycles. The summed E-state index contributed by atoms with van der Waals surface area (Å²) in [6.45, 7) is 0.530. The summed E-state index contributed by atoms with van der Waals surface area (Å²) in [5.74, 6) is -0.405. The number of benzene rings is 2. The van der Waals surface area contributed by atoms with E-state index >= 15 is 0 Å². The van der Waals surface area contributed by atoms with Crippen molar-refractivity contribution in [2.45, 2.75) is 18.9 Å². The maximum absolute atomic E-state index is 13.2. The molecule has 0 N–H and O–H groups in total. The lowest BCUT2D eigenvalue weighted by molar-refractivity contribution is -0.126. The Morgan fingerprint density at radius 1 is 1.11 bits per heavy atom. The fraction of sp³-hybridized carbons (Fsp3) is 0.227. The van der Waals surface area contributed by atoms with Gasteiger partial charge in [-0.25, -0.2) is 4.90 Å². The summed E-state index contributed by atoms with van der Waals surface area (Å²) >= 11 is 0. The molecule has 142 valence electrons. The molecule has 28 heavy (non-hydrogen) atoms. The molecular formula is C22H20N2O4. The van der Waals surface area contributed by atoms with Crippen LogP contribution in [0.4, 0.5) is 5.69 Å². The van der Waals surface area contributed by atoms with Crippen LogP contribution in [0.1, 0.15) is 28.8 Å². The Hall–Kier alpha value is -3.41. The molecule has 2 aliphatic heterocycles. The van der Waals surface area contributed by atoms with Crippen molar-refractivity contribution >= 4 is 29.5 Å². The topological polar surface area (TPSA) is 66.9 Å². The van der Waals surface area contributed by atoms with Gasteiger partial charge in [-0.05, 0) is 37.1 Å². The highest BCUT2D eigenvalue weighted by molar-refractivity contribution is 6.25. The molecule has 2 aliphatic rings. The van der Waals surface area contributed by atoms with Gasteiger partial charge in [-0.2, -0.15) is 0 Å². The number of fused-ring (bicyclic) bond motifs is 2. The summed E-state index contributed by atoms with van der Waals surface area (Å²) in [5.41, 5.74) is 1.44. The van der Waals surface area contributed by atoms with Crippen molar-refractivity contribution in [1.82, 2.24) is 4.90 Å². The Labute approximate surface area is 163 Å². The number of ether oxygens (including phenoxy) is 1. The Bertz CT molecular complexity index is 982. The average molecular weight is 376 g/mol. The highest BCUT2D eigenvalue weighted by Crippen LogP contribution is 2.32. The van der Waals surface area contributed by atoms with Crippen molar-refractivity contribution in [3.05, 3.63) is 65.7 Å². The zero-order valence-corrected chi connectivity index (χ0v) is 15.5. The fourth-order valence-electron chi connectivity index (χ4n) is 3.81. The summed E-state index contributed by atoms with van der Waals surface area (Å²) in [6.07, 6.45) is 4.29. The van der Waals surface area contributed by atoms with Crippen LogP contribution in [0.2, 0.25) is 0 Å². The molecule has 6 heteroatoms. The third-order valence-electron chi connectivity index (χ3n) is 5.16. The van der Waals surface area contributed by atoms with Gasteiger partial charge in [0, 0.05) is 18.2 Å². The van der Waals surface area contributed by atoms with Gasteiger partial charge in [-0.3, -0.25) is 14.4 Å². The second-order valence-corrected chi connectivity index (χ2v) is 6.76. The van der Waals surface area contributed by atoms with Gasteiger partial charge in [0.25, 0.3) is 17.7 Å². The Balaban J connectivity index is 1.73. The van der Waals surface area contributed by atoms with Gasteiger partial charge in [0.15, 0.2) is 0 Å². The van der Waals surface area contributed by atoms with E-state index in [9.17, 15) is 14.4 Å². The second kappa shape index (κ2) is 7.31. The summed E-state index contributed by atoms with van der Waals surface area (Å²) in [6, 6.07) is 13.5. The van der Waals surface area contributed by atoms with Gasteiger partial charge in [0.1, 0.15) is 11.8 Å². The highest BCUT2D eigenvalue weighted by Gasteiger charge is 2.43. The Morgan fingerprint density at radius 3 is 2.68 bits per heavy atom. The molecule has 1 atom stereocenters. The van der Waals surface area contributed by atoms with E-state index in [1.54, 1.807) is 48.4 Å². The monoisotopic (exact) mass is 376 g/mol. The van der Waals surface area contributed by atoms with Crippen LogP contribution in [0, 0.1) is 0 Å². The summed E-state index contributed by atoms with van der Waals surface area (Å²) in [5, 5.41) is 0. The van der Waals surface area contributed by atoms with Crippen molar-refractivity contribution in [3.8, 4) is 5.75 Å². The van der Waals surface area contributed by atoms with E-state index in [0.29, 0.717) is 30.0 Å². The predicted octanol–water partition coefficient (Wildman–Crippen LogP) is 2.89. The molecule has 1 saturated heterocycles. The van der Waals surface area contributed by atoms with Crippen molar-refractivity contribution in [2.24, 2.45) is 0 Å². The van der Waals surface area contributed by atoms with E-state index in [1.165, 1.54) is 6.08 Å². The maximum atomic E-state index is 13.2. The summed E-state index contributed by atoms with van der Waals surface area (Å²) in [4.78, 5) is 41.8. The lowest BCUT2D eigenvalue weighted by atomic mass is 10.1. The van der Waals surface area contributed by atoms with Gasteiger partial charge in [0.2, 0.25) is 0 Å². The van der Waals surface area contributed by atoms with Crippen LogP contribution in [0.3, 0.4) is 0 Å². The molecule has 0 spiro atoms. The first-order valence-electron chi connectivity index (χ1n) is 9.21. The summed E-state index contributed by atoms with van der Waals surface area (Å²) < 4.78 is 5.30. The summed E-state index contributed by atoms with van der Waals surface area (Å²) in [7, 11) is 1.56. The van der Waals surface area contributed by atoms with Crippen molar-refractivity contribution in [1.29, 1.82) is 0 Å². The van der Waals surface area contributed by atoms with Gasteiger partial charge in [-0.1, -0.05) is 30.3 Å². The molecule has 6 nitrogen and oxygen atoms in total. The van der Waals surface area contributed by atoms with E-state index in [2.05, 4.69) is 0 Å². The minimum atomic E-state index is -0.594. The Morgan fingerprint density at radius 2 is 1.86 bits per heavy atom. The molecule has 0 bridgehead atoms. The molecule has 4 rings (SSSR count). The first kappa shape index (κ1) is 18.0. The molecular weight excluding hydrogens is 356 g/mol. The molecule has 0 saturated carbocycles. The SMILES string of the molecule is COc1ccccc1/C=C/C(=O)N1C(=O)[C@@H]2CCCN2C(=O)c2ccccc21. The molecule has 0 radical (unpaired) electrons. The quantitative estimate of drug-likeness (QED) is 0.773. The maximum Gasteiger partial charge on any atom is 0.257 e. The molecule has 2 heterocycles. The number of carbonyl (C=O) groups excluding carboxylic acids is 3. The van der Waals surface area contributed by atoms with Crippen LogP contribution in [0.25, 0.3) is 6.08 Å². The van der Waals surface area contributed by atoms with Gasteiger partial charge in [-0.15, -0.1) is 0 Å². The van der Waals surface area contributed by atoms with Gasteiger partial charge in [0.05, 0.1) is 18.4 Å². The van der Waals surface area contributed by atoms with E-state index in [-0.39, 0.29) is 11.8 Å². The van der Waals surface area contributed by atoms with Crippen LogP contribution in [0.5, 0.6) is 5.75 Å². The molecule has 2 aromatic rings. The number of para-hydroxylation sites is 2. The van der Waals surface area contributed by atoms with E-state index < -0.39 is 11.9 Å². The Kier molecular flexibility index (Phi) is 4.69. The number of imide groups is 1. The van der Waals surface area contributed by atoms with Gasteiger partial charge < -0.3 is 9.64 Å². The van der Waals surface area contributed by atoms with Crippen LogP contribution < -0.4 is 9.64 Å². The number of carbonyl (C=O) groups is 3. The third-order valence-corrected chi connectivity index (χ3v) is 5.16. The third kappa shape index (κ3) is 2.97. The number of amides is 3. The average Bonchev–Trinajstić information content (AvgIpc) is 3.19. The zero-order valence-electron chi connectivity index (χ0n) is 15.5. The van der Waals surface area contributed by atoms with E-state index in [4.69, 9.17) is 4.74 Å². The first-order chi connectivity index (χ1) is 13.6. The smallest absolute Gasteiger partial charge is 0.257 e. The normalized spacial score (nSPS) is 18.8. The largest absolute Gasteiger partial charge is 0.496 e. The number of methoxy groups -OCH3 is 1. The number of hydrogen-bond donors (Lipinski definition) is 0. The zero-order chi connectivity index (χ0) is 19.7. The second-order valence-electron chi connectivity index (χ2n) is 6.76. The minimum absolute atomic E-state index is 0.199. The highest BCUT2D eigenvalue weighted by atomic mass is 16.5. The molecule has 2 aromatic carbocycles. The predicted molar refractivity (Wildman–Crippen MR) is 105 cm³/mol.